The molecule has 6 heteroatoms. The van der Waals surface area contributed by atoms with Crippen LogP contribution >= 0.6 is 0 Å². The maximum Gasteiger partial charge on any atom is 0.230 e. The molecule has 2 N–H and O–H groups in total. The average molecular weight is 452 g/mol. The topological polar surface area (TPSA) is 66.6 Å². The van der Waals surface area contributed by atoms with E-state index in [1.165, 1.54) is 32.5 Å². The molecule has 2 aromatic rings. The van der Waals surface area contributed by atoms with Crippen molar-refractivity contribution in [3.63, 3.8) is 0 Å². The Kier molecular flexibility index (Phi) is 5.22. The number of fused-ring (bicyclic) bond motifs is 2. The standard InChI is InChI=1S/C27H37N3O3/c1-3-30-12-19-8-18(9-20(19)13-30)6-7-33-21-4-5-23-22(10-21)24(11-28-23)29-25(31)26(2)14-27(15-26)16-32-17-27/h4-5,10-11,18-20,28H,3,6-9,12-17H2,1-2H3,(H,29,31)/t18-,19-,20+. The fourth-order valence-electron chi connectivity index (χ4n) is 7.28. The lowest BCUT2D eigenvalue weighted by atomic mass is 9.52. The first-order chi connectivity index (χ1) is 16.0. The Labute approximate surface area is 196 Å². The van der Waals surface area contributed by atoms with Crippen molar-refractivity contribution >= 4 is 22.5 Å². The number of H-pyrrole nitrogens is 1. The largest absolute Gasteiger partial charge is 0.494 e. The normalized spacial score (nSPS) is 29.6. The number of aromatic amines is 1. The van der Waals surface area contributed by atoms with Crippen molar-refractivity contribution in [2.45, 2.75) is 46.0 Å². The Hall–Kier alpha value is -2.05. The van der Waals surface area contributed by atoms with Crippen LogP contribution in [-0.2, 0) is 9.53 Å². The predicted octanol–water partition coefficient (Wildman–Crippen LogP) is 4.67. The number of ether oxygens (including phenoxy) is 2. The van der Waals surface area contributed by atoms with Gasteiger partial charge in [0.15, 0.2) is 0 Å². The minimum atomic E-state index is -0.296. The molecule has 2 aliphatic carbocycles. The first kappa shape index (κ1) is 21.5. The van der Waals surface area contributed by atoms with Gasteiger partial charge in [-0.25, -0.2) is 0 Å². The summed E-state index contributed by atoms with van der Waals surface area (Å²) in [4.78, 5) is 18.9. The monoisotopic (exact) mass is 451 g/mol. The first-order valence-corrected chi connectivity index (χ1v) is 12.8. The van der Waals surface area contributed by atoms with Gasteiger partial charge in [-0.3, -0.25) is 4.79 Å². The highest BCUT2D eigenvalue weighted by Gasteiger charge is 2.59. The second-order valence-corrected chi connectivity index (χ2v) is 11.6. The van der Waals surface area contributed by atoms with E-state index in [1.54, 1.807) is 0 Å². The van der Waals surface area contributed by atoms with Crippen LogP contribution in [0.2, 0.25) is 0 Å². The number of hydrogen-bond donors (Lipinski definition) is 2. The number of likely N-dealkylation sites (tertiary alicyclic amines) is 1. The van der Waals surface area contributed by atoms with Crippen molar-refractivity contribution in [2.75, 3.05) is 44.8 Å². The highest BCUT2D eigenvalue weighted by molar-refractivity contribution is 6.04. The van der Waals surface area contributed by atoms with Crippen LogP contribution in [-0.4, -0.2) is 55.2 Å². The third-order valence-electron chi connectivity index (χ3n) is 8.96. The fraction of sp³-hybridized carbons (Fsp3) is 0.667. The number of rotatable bonds is 7. The molecule has 1 spiro atoms. The number of nitrogens with one attached hydrogen (secondary N) is 2. The summed E-state index contributed by atoms with van der Waals surface area (Å²) in [6, 6.07) is 6.14. The van der Waals surface area contributed by atoms with Crippen LogP contribution in [0.4, 0.5) is 5.69 Å². The molecule has 6 nitrogen and oxygen atoms in total. The van der Waals surface area contributed by atoms with Crippen molar-refractivity contribution < 1.29 is 14.3 Å². The van der Waals surface area contributed by atoms with E-state index in [2.05, 4.69) is 35.1 Å². The van der Waals surface area contributed by atoms with Crippen LogP contribution in [0.5, 0.6) is 5.75 Å². The Morgan fingerprint density at radius 3 is 2.67 bits per heavy atom. The van der Waals surface area contributed by atoms with Gasteiger partial charge in [-0.15, -0.1) is 0 Å². The number of carbonyl (C=O) groups is 1. The summed E-state index contributed by atoms with van der Waals surface area (Å²) >= 11 is 0. The summed E-state index contributed by atoms with van der Waals surface area (Å²) in [5.74, 6) is 3.61. The van der Waals surface area contributed by atoms with Crippen molar-refractivity contribution in [2.24, 2.45) is 28.6 Å². The maximum absolute atomic E-state index is 13.0. The van der Waals surface area contributed by atoms with Crippen LogP contribution < -0.4 is 10.1 Å². The minimum absolute atomic E-state index is 0.112. The molecule has 3 heterocycles. The smallest absolute Gasteiger partial charge is 0.230 e. The van der Waals surface area contributed by atoms with Crippen molar-refractivity contribution in [1.29, 1.82) is 0 Å². The van der Waals surface area contributed by atoms with Crippen LogP contribution in [0.25, 0.3) is 10.9 Å². The zero-order valence-corrected chi connectivity index (χ0v) is 20.0. The molecular formula is C27H37N3O3. The van der Waals surface area contributed by atoms with E-state index in [9.17, 15) is 4.79 Å². The van der Waals surface area contributed by atoms with Crippen molar-refractivity contribution in [1.82, 2.24) is 9.88 Å². The molecule has 33 heavy (non-hydrogen) atoms. The van der Waals surface area contributed by atoms with Gasteiger partial charge in [-0.1, -0.05) is 13.8 Å². The Bertz CT molecular complexity index is 1020. The van der Waals surface area contributed by atoms with Crippen molar-refractivity contribution in [3.8, 4) is 5.75 Å². The summed E-state index contributed by atoms with van der Waals surface area (Å²) < 4.78 is 11.5. The Morgan fingerprint density at radius 1 is 1.24 bits per heavy atom. The molecule has 1 aromatic carbocycles. The molecule has 178 valence electrons. The molecule has 1 aromatic heterocycles. The first-order valence-electron chi connectivity index (χ1n) is 12.8. The lowest BCUT2D eigenvalue weighted by Crippen LogP contribution is -2.60. The second kappa shape index (κ2) is 8.02. The molecule has 2 aliphatic heterocycles. The Balaban J connectivity index is 1.04. The molecule has 3 atom stereocenters. The number of aromatic nitrogens is 1. The summed E-state index contributed by atoms with van der Waals surface area (Å²) in [5.41, 5.74) is 1.83. The van der Waals surface area contributed by atoms with Crippen LogP contribution in [0.15, 0.2) is 24.4 Å². The Morgan fingerprint density at radius 2 is 2.00 bits per heavy atom. The molecule has 2 saturated heterocycles. The van der Waals surface area contributed by atoms with E-state index < -0.39 is 0 Å². The molecule has 0 radical (unpaired) electrons. The molecule has 6 rings (SSSR count). The van der Waals surface area contributed by atoms with Crippen LogP contribution in [0, 0.1) is 28.6 Å². The van der Waals surface area contributed by atoms with Gasteiger partial charge in [0.2, 0.25) is 5.91 Å². The van der Waals surface area contributed by atoms with E-state index in [1.807, 2.05) is 18.3 Å². The van der Waals surface area contributed by atoms with Gasteiger partial charge in [0.25, 0.3) is 0 Å². The van der Waals surface area contributed by atoms with E-state index in [0.29, 0.717) is 0 Å². The third kappa shape index (κ3) is 3.85. The zero-order chi connectivity index (χ0) is 22.6. The van der Waals surface area contributed by atoms with Crippen molar-refractivity contribution in [3.05, 3.63) is 24.4 Å². The van der Waals surface area contributed by atoms with Gasteiger partial charge in [0, 0.05) is 41.0 Å². The van der Waals surface area contributed by atoms with E-state index in [4.69, 9.17) is 9.47 Å². The highest BCUT2D eigenvalue weighted by Crippen LogP contribution is 2.58. The van der Waals surface area contributed by atoms with E-state index in [-0.39, 0.29) is 16.7 Å². The maximum atomic E-state index is 13.0. The number of nitrogens with zero attached hydrogens (tertiary/aromatic N) is 1. The molecule has 4 aliphatic rings. The van der Waals surface area contributed by atoms with Gasteiger partial charge >= 0.3 is 0 Å². The molecule has 2 saturated carbocycles. The van der Waals surface area contributed by atoms with Gasteiger partial charge in [0.05, 0.1) is 25.5 Å². The van der Waals surface area contributed by atoms with Gasteiger partial charge < -0.3 is 24.7 Å². The number of amides is 1. The summed E-state index contributed by atoms with van der Waals surface area (Å²) in [7, 11) is 0. The summed E-state index contributed by atoms with van der Waals surface area (Å²) in [6.45, 7) is 10.5. The summed E-state index contributed by atoms with van der Waals surface area (Å²) in [6.07, 6.45) is 7.60. The number of carbonyl (C=O) groups excluding carboxylic acids is 1. The summed E-state index contributed by atoms with van der Waals surface area (Å²) in [5, 5.41) is 4.20. The van der Waals surface area contributed by atoms with E-state index >= 15 is 0 Å². The zero-order valence-electron chi connectivity index (χ0n) is 20.0. The van der Waals surface area contributed by atoms with Crippen LogP contribution in [0.3, 0.4) is 0 Å². The van der Waals surface area contributed by atoms with Gasteiger partial charge in [0.1, 0.15) is 5.75 Å². The average Bonchev–Trinajstić information content (AvgIpc) is 3.43. The predicted molar refractivity (Wildman–Crippen MR) is 129 cm³/mol. The molecular weight excluding hydrogens is 414 g/mol. The minimum Gasteiger partial charge on any atom is -0.494 e. The quantitative estimate of drug-likeness (QED) is 0.642. The second-order valence-electron chi connectivity index (χ2n) is 11.6. The molecule has 0 unspecified atom stereocenters. The van der Waals surface area contributed by atoms with Gasteiger partial charge in [-0.2, -0.15) is 0 Å². The molecule has 0 bridgehead atoms. The number of benzene rings is 1. The fourth-order valence-corrected chi connectivity index (χ4v) is 7.28. The third-order valence-corrected chi connectivity index (χ3v) is 8.96. The lowest BCUT2D eigenvalue weighted by molar-refractivity contribution is -0.205. The van der Waals surface area contributed by atoms with Crippen LogP contribution in [0.1, 0.15) is 46.0 Å². The molecule has 4 fully saturated rings. The SMILES string of the molecule is CCN1C[C@H]2C[C@@H](CCOc3ccc4[nH]cc(NC(=O)C5(C)CC6(COC6)C5)c4c3)C[C@H]2C1. The number of hydrogen-bond acceptors (Lipinski definition) is 4. The lowest BCUT2D eigenvalue weighted by Gasteiger charge is -2.58. The number of anilines is 1. The van der Waals surface area contributed by atoms with Gasteiger partial charge in [-0.05, 0) is 74.6 Å². The molecule has 1 amide bonds. The van der Waals surface area contributed by atoms with E-state index in [0.717, 1.165) is 79.2 Å². The highest BCUT2D eigenvalue weighted by atomic mass is 16.5.